The third kappa shape index (κ3) is 2.76. The topological polar surface area (TPSA) is 104 Å². The minimum atomic E-state index is -0.362. The summed E-state index contributed by atoms with van der Waals surface area (Å²) < 4.78 is 0. The van der Waals surface area contributed by atoms with Gasteiger partial charge in [0.1, 0.15) is 11.5 Å². The zero-order valence-electron chi connectivity index (χ0n) is 11.1. The molecular formula is C13H15N5O2. The van der Waals surface area contributed by atoms with Crippen molar-refractivity contribution in [1.29, 1.82) is 0 Å². The summed E-state index contributed by atoms with van der Waals surface area (Å²) in [7, 11) is 0. The molecule has 0 saturated heterocycles. The maximum Gasteiger partial charge on any atom is 0.270 e. The molecule has 0 aliphatic heterocycles. The predicted octanol–water partition coefficient (Wildman–Crippen LogP) is 0.609. The maximum atomic E-state index is 12.0. The van der Waals surface area contributed by atoms with E-state index in [0.717, 1.165) is 24.2 Å². The zero-order chi connectivity index (χ0) is 14.1. The maximum absolute atomic E-state index is 12.0. The molecule has 7 heteroatoms. The number of nitrogens with one attached hydrogen (secondary N) is 3. The molecule has 1 amide bonds. The van der Waals surface area contributed by atoms with Crippen LogP contribution in [0.2, 0.25) is 0 Å². The molecule has 1 aliphatic carbocycles. The van der Waals surface area contributed by atoms with Crippen LogP contribution in [-0.2, 0) is 6.54 Å². The Morgan fingerprint density at radius 1 is 1.45 bits per heavy atom. The molecule has 1 saturated carbocycles. The average molecular weight is 273 g/mol. The number of hydrogen-bond acceptors (Lipinski definition) is 4. The highest BCUT2D eigenvalue weighted by molar-refractivity contribution is 5.92. The molecule has 0 unspecified atom stereocenters. The van der Waals surface area contributed by atoms with Crippen LogP contribution in [0.15, 0.2) is 16.9 Å². The lowest BCUT2D eigenvalue weighted by molar-refractivity contribution is 0.0945. The number of aromatic amines is 2. The minimum absolute atomic E-state index is 0.155. The van der Waals surface area contributed by atoms with Crippen molar-refractivity contribution >= 4 is 5.91 Å². The summed E-state index contributed by atoms with van der Waals surface area (Å²) in [4.78, 5) is 30.4. The van der Waals surface area contributed by atoms with E-state index in [4.69, 9.17) is 0 Å². The third-order valence-corrected chi connectivity index (χ3v) is 3.15. The normalized spacial score (nSPS) is 14.2. The molecule has 0 atom stereocenters. The zero-order valence-corrected chi connectivity index (χ0v) is 11.1. The highest BCUT2D eigenvalue weighted by Crippen LogP contribution is 2.37. The second-order valence-electron chi connectivity index (χ2n) is 5.02. The lowest BCUT2D eigenvalue weighted by atomic mass is 10.3. The number of carbonyl (C=O) groups excluding carboxylic acids is 1. The Morgan fingerprint density at radius 3 is 2.90 bits per heavy atom. The molecular weight excluding hydrogens is 258 g/mol. The first-order chi connectivity index (χ1) is 9.61. The molecule has 0 radical (unpaired) electrons. The Labute approximate surface area is 114 Å². The minimum Gasteiger partial charge on any atom is -0.345 e. The Bertz CT molecular complexity index is 699. The van der Waals surface area contributed by atoms with Crippen LogP contribution in [0.25, 0.3) is 0 Å². The van der Waals surface area contributed by atoms with E-state index in [1.54, 1.807) is 0 Å². The second kappa shape index (κ2) is 4.92. The number of hydrogen-bond donors (Lipinski definition) is 3. The van der Waals surface area contributed by atoms with Gasteiger partial charge in [0.05, 0.1) is 12.2 Å². The van der Waals surface area contributed by atoms with Crippen molar-refractivity contribution in [2.75, 3.05) is 0 Å². The molecule has 7 nitrogen and oxygen atoms in total. The quantitative estimate of drug-likeness (QED) is 0.759. The van der Waals surface area contributed by atoms with Gasteiger partial charge in [0, 0.05) is 17.7 Å². The van der Waals surface area contributed by atoms with Crippen molar-refractivity contribution in [3.8, 4) is 0 Å². The molecule has 3 N–H and O–H groups in total. The summed E-state index contributed by atoms with van der Waals surface area (Å²) in [6.45, 7) is 2.19. The van der Waals surface area contributed by atoms with Crippen molar-refractivity contribution in [1.82, 2.24) is 25.5 Å². The van der Waals surface area contributed by atoms with Crippen LogP contribution in [0.3, 0.4) is 0 Å². The standard InChI is InChI=1S/C13H15N5O2/c1-7-4-9(18-17-7)6-14-13(20)10-5-11(19)16-12(15-10)8-2-3-8/h4-5,8H,2-3,6H2,1H3,(H,14,20)(H,17,18)(H,15,16,19). The van der Waals surface area contributed by atoms with E-state index in [9.17, 15) is 9.59 Å². The third-order valence-electron chi connectivity index (χ3n) is 3.15. The van der Waals surface area contributed by atoms with Crippen molar-refractivity contribution in [3.05, 3.63) is 45.4 Å². The van der Waals surface area contributed by atoms with Gasteiger partial charge in [-0.3, -0.25) is 14.7 Å². The Balaban J connectivity index is 1.71. The van der Waals surface area contributed by atoms with Gasteiger partial charge in [0.2, 0.25) is 0 Å². The van der Waals surface area contributed by atoms with Gasteiger partial charge in [-0.1, -0.05) is 0 Å². The van der Waals surface area contributed by atoms with Gasteiger partial charge in [0.15, 0.2) is 0 Å². The number of carbonyl (C=O) groups is 1. The smallest absolute Gasteiger partial charge is 0.270 e. The number of rotatable bonds is 4. The summed E-state index contributed by atoms with van der Waals surface area (Å²) in [5, 5.41) is 9.53. The molecule has 0 spiro atoms. The molecule has 1 fully saturated rings. The van der Waals surface area contributed by atoms with Crippen LogP contribution >= 0.6 is 0 Å². The lowest BCUT2D eigenvalue weighted by Gasteiger charge is -2.04. The van der Waals surface area contributed by atoms with Gasteiger partial charge >= 0.3 is 0 Å². The summed E-state index contributed by atoms with van der Waals surface area (Å²) in [5.74, 6) is 0.543. The Hall–Kier alpha value is -2.44. The van der Waals surface area contributed by atoms with E-state index < -0.39 is 0 Å². The average Bonchev–Trinajstić information content (AvgIpc) is 3.19. The lowest BCUT2D eigenvalue weighted by Crippen LogP contribution is -2.26. The van der Waals surface area contributed by atoms with Gasteiger partial charge in [-0.2, -0.15) is 5.10 Å². The fraction of sp³-hybridized carbons (Fsp3) is 0.385. The molecule has 2 heterocycles. The molecule has 20 heavy (non-hydrogen) atoms. The molecule has 2 aromatic heterocycles. The number of nitrogens with zero attached hydrogens (tertiary/aromatic N) is 2. The molecule has 3 rings (SSSR count). The first kappa shape index (κ1) is 12.6. The highest BCUT2D eigenvalue weighted by Gasteiger charge is 2.27. The molecule has 0 bridgehead atoms. The van der Waals surface area contributed by atoms with Crippen molar-refractivity contribution in [2.45, 2.75) is 32.2 Å². The summed E-state index contributed by atoms with van der Waals surface area (Å²) in [6, 6.07) is 3.07. The van der Waals surface area contributed by atoms with E-state index in [0.29, 0.717) is 18.3 Å². The van der Waals surface area contributed by atoms with Crippen molar-refractivity contribution in [3.63, 3.8) is 0 Å². The Kier molecular flexibility index (Phi) is 3.09. The summed E-state index contributed by atoms with van der Waals surface area (Å²) in [5.41, 5.74) is 1.54. The molecule has 2 aromatic rings. The van der Waals surface area contributed by atoms with Crippen LogP contribution in [-0.4, -0.2) is 26.1 Å². The van der Waals surface area contributed by atoms with E-state index in [-0.39, 0.29) is 17.2 Å². The van der Waals surface area contributed by atoms with Gasteiger partial charge < -0.3 is 10.3 Å². The SMILES string of the molecule is Cc1cc(CNC(=O)c2cc(=O)[nH]c(C3CC3)n2)n[nH]1. The van der Waals surface area contributed by atoms with Crippen LogP contribution in [0.1, 0.15) is 46.5 Å². The molecule has 104 valence electrons. The first-order valence-corrected chi connectivity index (χ1v) is 6.52. The van der Waals surface area contributed by atoms with Crippen LogP contribution in [0.5, 0.6) is 0 Å². The van der Waals surface area contributed by atoms with Crippen LogP contribution in [0, 0.1) is 6.92 Å². The van der Waals surface area contributed by atoms with E-state index in [2.05, 4.69) is 25.5 Å². The van der Waals surface area contributed by atoms with Gasteiger partial charge in [0.25, 0.3) is 11.5 Å². The fourth-order valence-corrected chi connectivity index (χ4v) is 1.97. The monoisotopic (exact) mass is 273 g/mol. The fourth-order valence-electron chi connectivity index (χ4n) is 1.97. The van der Waals surface area contributed by atoms with Gasteiger partial charge in [-0.25, -0.2) is 4.98 Å². The highest BCUT2D eigenvalue weighted by atomic mass is 16.2. The predicted molar refractivity (Wildman–Crippen MR) is 71.3 cm³/mol. The second-order valence-corrected chi connectivity index (χ2v) is 5.02. The van der Waals surface area contributed by atoms with Gasteiger partial charge in [-0.15, -0.1) is 0 Å². The summed E-state index contributed by atoms with van der Waals surface area (Å²) >= 11 is 0. The van der Waals surface area contributed by atoms with Crippen LogP contribution < -0.4 is 10.9 Å². The molecule has 0 aromatic carbocycles. The Morgan fingerprint density at radius 2 is 2.25 bits per heavy atom. The molecule has 1 aliphatic rings. The van der Waals surface area contributed by atoms with E-state index in [1.165, 1.54) is 6.07 Å². The number of aromatic nitrogens is 4. The van der Waals surface area contributed by atoms with Crippen molar-refractivity contribution < 1.29 is 4.79 Å². The number of H-pyrrole nitrogens is 2. The number of amides is 1. The van der Waals surface area contributed by atoms with Crippen LogP contribution in [0.4, 0.5) is 0 Å². The van der Waals surface area contributed by atoms with E-state index >= 15 is 0 Å². The summed E-state index contributed by atoms with van der Waals surface area (Å²) in [6.07, 6.45) is 2.03. The largest absolute Gasteiger partial charge is 0.345 e. The van der Waals surface area contributed by atoms with Crippen molar-refractivity contribution in [2.24, 2.45) is 0 Å². The number of aryl methyl sites for hydroxylation is 1. The first-order valence-electron chi connectivity index (χ1n) is 6.52. The van der Waals surface area contributed by atoms with Gasteiger partial charge in [-0.05, 0) is 25.8 Å². The van der Waals surface area contributed by atoms with E-state index in [1.807, 2.05) is 13.0 Å².